The van der Waals surface area contributed by atoms with Gasteiger partial charge in [0, 0.05) is 12.1 Å². The Morgan fingerprint density at radius 2 is 2.12 bits per heavy atom. The van der Waals surface area contributed by atoms with E-state index in [0.29, 0.717) is 13.2 Å². The molecule has 2 N–H and O–H groups in total. The molecule has 1 aliphatic rings. The normalized spacial score (nSPS) is 20.4. The van der Waals surface area contributed by atoms with Gasteiger partial charge in [-0.2, -0.15) is 0 Å². The van der Waals surface area contributed by atoms with E-state index in [2.05, 4.69) is 23.8 Å². The van der Waals surface area contributed by atoms with E-state index in [-0.39, 0.29) is 12.1 Å². The van der Waals surface area contributed by atoms with E-state index in [0.717, 1.165) is 38.9 Å². The van der Waals surface area contributed by atoms with Crippen molar-refractivity contribution in [2.45, 2.75) is 24.8 Å². The third-order valence-corrected chi connectivity index (χ3v) is 3.46. The first-order valence-corrected chi connectivity index (χ1v) is 6.45. The van der Waals surface area contributed by atoms with Crippen LogP contribution in [0.5, 0.6) is 0 Å². The van der Waals surface area contributed by atoms with Crippen molar-refractivity contribution in [2.24, 2.45) is 0 Å². The van der Waals surface area contributed by atoms with Crippen molar-refractivity contribution in [1.29, 1.82) is 0 Å². The molecule has 0 aromatic carbocycles. The molecule has 0 atom stereocenters. The van der Waals surface area contributed by atoms with Crippen molar-refractivity contribution >= 4 is 0 Å². The second-order valence-corrected chi connectivity index (χ2v) is 4.84. The van der Waals surface area contributed by atoms with Gasteiger partial charge in [-0.1, -0.05) is 6.08 Å². The highest BCUT2D eigenvalue weighted by atomic mass is 16.5. The highest BCUT2D eigenvalue weighted by Gasteiger charge is 2.31. The fraction of sp³-hybridized carbons (Fsp3) is 0.846. The average Bonchev–Trinajstić information content (AvgIpc) is 2.33. The largest absolute Gasteiger partial charge is 0.394 e. The van der Waals surface area contributed by atoms with Gasteiger partial charge >= 0.3 is 0 Å². The molecule has 0 spiro atoms. The first kappa shape index (κ1) is 14.6. The highest BCUT2D eigenvalue weighted by molar-refractivity contribution is 4.97. The van der Waals surface area contributed by atoms with Crippen LogP contribution in [0.1, 0.15) is 19.3 Å². The number of likely N-dealkylation sites (tertiary alicyclic amines) is 1. The molecule has 0 unspecified atom stereocenters. The van der Waals surface area contributed by atoms with Crippen LogP contribution >= 0.6 is 0 Å². The zero-order valence-electron chi connectivity index (χ0n) is 11.0. The van der Waals surface area contributed by atoms with Gasteiger partial charge in [0.1, 0.15) is 0 Å². The topological polar surface area (TPSA) is 44.7 Å². The van der Waals surface area contributed by atoms with Crippen LogP contribution in [0.2, 0.25) is 0 Å². The van der Waals surface area contributed by atoms with Gasteiger partial charge in [-0.15, -0.1) is 6.58 Å². The fourth-order valence-corrected chi connectivity index (χ4v) is 2.33. The number of rotatable bonds is 8. The second-order valence-electron chi connectivity index (χ2n) is 4.84. The van der Waals surface area contributed by atoms with Crippen LogP contribution in [0.25, 0.3) is 0 Å². The number of nitrogens with one attached hydrogen (secondary N) is 1. The Kier molecular flexibility index (Phi) is 6.73. The van der Waals surface area contributed by atoms with E-state index in [4.69, 9.17) is 9.84 Å². The molecule has 0 aromatic heterocycles. The van der Waals surface area contributed by atoms with E-state index in [1.807, 2.05) is 6.08 Å². The van der Waals surface area contributed by atoms with Crippen LogP contribution in [0, 0.1) is 0 Å². The third kappa shape index (κ3) is 5.17. The number of hydrogen-bond donors (Lipinski definition) is 2. The zero-order valence-corrected chi connectivity index (χ0v) is 11.0. The van der Waals surface area contributed by atoms with Gasteiger partial charge in [-0.25, -0.2) is 0 Å². The summed E-state index contributed by atoms with van der Waals surface area (Å²) in [4.78, 5) is 2.37. The predicted molar refractivity (Wildman–Crippen MR) is 70.2 cm³/mol. The molecular formula is C13H26N2O2. The molecule has 1 aliphatic heterocycles. The maximum Gasteiger partial charge on any atom is 0.0698 e. The van der Waals surface area contributed by atoms with E-state index < -0.39 is 0 Å². The van der Waals surface area contributed by atoms with E-state index in [9.17, 15) is 0 Å². The molecule has 17 heavy (non-hydrogen) atoms. The number of aliphatic hydroxyl groups excluding tert-OH is 1. The van der Waals surface area contributed by atoms with Crippen LogP contribution < -0.4 is 5.32 Å². The maximum atomic E-state index is 8.61. The maximum absolute atomic E-state index is 8.61. The zero-order chi connectivity index (χ0) is 12.6. The standard InChI is InChI=1S/C13H26N2O2/c1-3-4-13(5-8-15(2)9-6-13)14-7-11-17-12-10-16/h3,14,16H,1,4-12H2,2H3. The van der Waals surface area contributed by atoms with Gasteiger partial charge in [0.25, 0.3) is 0 Å². The van der Waals surface area contributed by atoms with Gasteiger partial charge in [-0.05, 0) is 39.4 Å². The van der Waals surface area contributed by atoms with Crippen molar-refractivity contribution in [2.75, 3.05) is 46.5 Å². The Bertz CT molecular complexity index is 213. The van der Waals surface area contributed by atoms with E-state index in [1.165, 1.54) is 0 Å². The van der Waals surface area contributed by atoms with Gasteiger partial charge in [0.2, 0.25) is 0 Å². The van der Waals surface area contributed by atoms with Gasteiger partial charge in [-0.3, -0.25) is 0 Å². The van der Waals surface area contributed by atoms with Crippen LogP contribution in [-0.2, 0) is 4.74 Å². The Morgan fingerprint density at radius 3 is 2.71 bits per heavy atom. The summed E-state index contributed by atoms with van der Waals surface area (Å²) in [6.45, 7) is 8.17. The van der Waals surface area contributed by atoms with Crippen molar-refractivity contribution in [3.63, 3.8) is 0 Å². The SMILES string of the molecule is C=CCC1(NCCOCCO)CCN(C)CC1. The van der Waals surface area contributed by atoms with Crippen molar-refractivity contribution < 1.29 is 9.84 Å². The first-order chi connectivity index (χ1) is 8.22. The van der Waals surface area contributed by atoms with Crippen molar-refractivity contribution in [1.82, 2.24) is 10.2 Å². The molecule has 1 saturated heterocycles. The number of nitrogens with zero attached hydrogens (tertiary/aromatic N) is 1. The second kappa shape index (κ2) is 7.82. The lowest BCUT2D eigenvalue weighted by Gasteiger charge is -2.41. The summed E-state index contributed by atoms with van der Waals surface area (Å²) in [5.74, 6) is 0. The minimum absolute atomic E-state index is 0.0998. The molecule has 0 saturated carbocycles. The Morgan fingerprint density at radius 1 is 1.41 bits per heavy atom. The first-order valence-electron chi connectivity index (χ1n) is 6.45. The summed E-state index contributed by atoms with van der Waals surface area (Å²) in [5.41, 5.74) is 0.205. The van der Waals surface area contributed by atoms with Crippen molar-refractivity contribution in [3.8, 4) is 0 Å². The quantitative estimate of drug-likeness (QED) is 0.484. The number of ether oxygens (including phenoxy) is 1. The molecule has 0 radical (unpaired) electrons. The molecular weight excluding hydrogens is 216 g/mol. The Hall–Kier alpha value is -0.420. The number of piperidine rings is 1. The molecule has 0 aliphatic carbocycles. The lowest BCUT2D eigenvalue weighted by atomic mass is 9.84. The molecule has 0 bridgehead atoms. The van der Waals surface area contributed by atoms with Crippen LogP contribution in [-0.4, -0.2) is 62.0 Å². The molecule has 100 valence electrons. The fourth-order valence-electron chi connectivity index (χ4n) is 2.33. The number of aliphatic hydroxyl groups is 1. The monoisotopic (exact) mass is 242 g/mol. The summed E-state index contributed by atoms with van der Waals surface area (Å²) in [7, 11) is 2.17. The molecule has 4 heteroatoms. The van der Waals surface area contributed by atoms with E-state index >= 15 is 0 Å². The minimum Gasteiger partial charge on any atom is -0.394 e. The molecule has 1 rings (SSSR count). The van der Waals surface area contributed by atoms with Crippen LogP contribution in [0.4, 0.5) is 0 Å². The smallest absolute Gasteiger partial charge is 0.0698 e. The summed E-state index contributed by atoms with van der Waals surface area (Å²) in [6, 6.07) is 0. The van der Waals surface area contributed by atoms with Crippen LogP contribution in [0.15, 0.2) is 12.7 Å². The summed E-state index contributed by atoms with van der Waals surface area (Å²) in [6.07, 6.45) is 5.35. The average molecular weight is 242 g/mol. The highest BCUT2D eigenvalue weighted by Crippen LogP contribution is 2.25. The van der Waals surface area contributed by atoms with Gasteiger partial charge < -0.3 is 20.1 Å². The molecule has 1 fully saturated rings. The lowest BCUT2D eigenvalue weighted by Crippen LogP contribution is -2.53. The van der Waals surface area contributed by atoms with Gasteiger partial charge in [0.15, 0.2) is 0 Å². The minimum atomic E-state index is 0.0998. The molecule has 4 nitrogen and oxygen atoms in total. The van der Waals surface area contributed by atoms with Crippen molar-refractivity contribution in [3.05, 3.63) is 12.7 Å². The predicted octanol–water partition coefficient (Wildman–Crippen LogP) is 0.625. The van der Waals surface area contributed by atoms with Gasteiger partial charge in [0.05, 0.1) is 19.8 Å². The number of hydrogen-bond acceptors (Lipinski definition) is 4. The Balaban J connectivity index is 2.29. The molecule has 0 amide bonds. The van der Waals surface area contributed by atoms with E-state index in [1.54, 1.807) is 0 Å². The molecule has 0 aromatic rings. The Labute approximate surface area is 105 Å². The summed E-state index contributed by atoms with van der Waals surface area (Å²) < 4.78 is 5.27. The molecule has 1 heterocycles. The lowest BCUT2D eigenvalue weighted by molar-refractivity contribution is 0.0825. The van der Waals surface area contributed by atoms with Crippen LogP contribution in [0.3, 0.4) is 0 Å². The third-order valence-electron chi connectivity index (χ3n) is 3.46. The summed E-state index contributed by atoms with van der Waals surface area (Å²) >= 11 is 0. The summed E-state index contributed by atoms with van der Waals surface area (Å²) in [5, 5.41) is 12.2.